The maximum atomic E-state index is 10.8. The molecule has 2 aromatic rings. The zero-order valence-electron chi connectivity index (χ0n) is 10.3. The summed E-state index contributed by atoms with van der Waals surface area (Å²) in [6.45, 7) is 2.62. The van der Waals surface area contributed by atoms with Gasteiger partial charge in [0.25, 0.3) is 0 Å². The van der Waals surface area contributed by atoms with Crippen molar-refractivity contribution in [2.75, 3.05) is 17.6 Å². The number of hydrogen-bond acceptors (Lipinski definition) is 6. The number of nitrogen functional groups attached to an aromatic ring is 1. The Hall–Kier alpha value is -2.15. The first-order chi connectivity index (χ1) is 9.08. The molecule has 2 aromatic heterocycles. The quantitative estimate of drug-likeness (QED) is 0.773. The molecular formula is C12H14N4O2S. The van der Waals surface area contributed by atoms with Gasteiger partial charge in [0.05, 0.1) is 10.7 Å². The predicted molar refractivity (Wildman–Crippen MR) is 74.6 cm³/mol. The molecule has 0 fully saturated rings. The van der Waals surface area contributed by atoms with Crippen molar-refractivity contribution in [1.82, 2.24) is 9.97 Å². The number of nitrogens with two attached hydrogens (primary N) is 1. The Balaban J connectivity index is 2.06. The number of aromatic carboxylic acids is 1. The highest BCUT2D eigenvalue weighted by molar-refractivity contribution is 7.09. The number of nitrogens with one attached hydrogen (secondary N) is 1. The summed E-state index contributed by atoms with van der Waals surface area (Å²) >= 11 is 1.58. The summed E-state index contributed by atoms with van der Waals surface area (Å²) < 4.78 is 0. The van der Waals surface area contributed by atoms with E-state index < -0.39 is 5.97 Å². The minimum Gasteiger partial charge on any atom is -0.477 e. The maximum absolute atomic E-state index is 10.8. The van der Waals surface area contributed by atoms with Crippen LogP contribution in [0.1, 0.15) is 28.3 Å². The van der Waals surface area contributed by atoms with Gasteiger partial charge in [0.2, 0.25) is 0 Å². The lowest BCUT2D eigenvalue weighted by Gasteiger charge is -2.12. The fraction of sp³-hybridized carbons (Fsp3) is 0.250. The lowest BCUT2D eigenvalue weighted by atomic mass is 10.2. The number of aromatic nitrogens is 2. The average molecular weight is 278 g/mol. The summed E-state index contributed by atoms with van der Waals surface area (Å²) in [6.07, 6.45) is 1.76. The normalized spacial score (nSPS) is 12.1. The van der Waals surface area contributed by atoms with E-state index in [-0.39, 0.29) is 11.6 Å². The van der Waals surface area contributed by atoms with Crippen LogP contribution in [0.4, 0.5) is 11.5 Å². The molecular weight excluding hydrogens is 264 g/mol. The molecule has 1 unspecified atom stereocenters. The van der Waals surface area contributed by atoms with Gasteiger partial charge in [0.1, 0.15) is 5.82 Å². The van der Waals surface area contributed by atoms with Crippen LogP contribution >= 0.6 is 11.3 Å². The number of rotatable bonds is 5. The summed E-state index contributed by atoms with van der Waals surface area (Å²) in [5, 5.41) is 14.9. The van der Waals surface area contributed by atoms with Crippen LogP contribution in [0.3, 0.4) is 0 Å². The number of nitrogens with zero attached hydrogens (tertiary/aromatic N) is 2. The van der Waals surface area contributed by atoms with Gasteiger partial charge in [-0.2, -0.15) is 0 Å². The number of thiazole rings is 1. The van der Waals surface area contributed by atoms with Crippen molar-refractivity contribution in [2.24, 2.45) is 0 Å². The summed E-state index contributed by atoms with van der Waals surface area (Å²) in [6, 6.07) is 2.92. The Bertz CT molecular complexity index is 571. The first-order valence-corrected chi connectivity index (χ1v) is 6.59. The van der Waals surface area contributed by atoms with Crippen molar-refractivity contribution in [2.45, 2.75) is 12.8 Å². The molecule has 0 saturated heterocycles. The molecule has 4 N–H and O–H groups in total. The lowest BCUT2D eigenvalue weighted by Crippen LogP contribution is -2.13. The highest BCUT2D eigenvalue weighted by atomic mass is 32.1. The van der Waals surface area contributed by atoms with Gasteiger partial charge in [0, 0.05) is 24.0 Å². The fourth-order valence-corrected chi connectivity index (χ4v) is 2.24. The van der Waals surface area contributed by atoms with Crippen LogP contribution in [-0.4, -0.2) is 27.6 Å². The van der Waals surface area contributed by atoms with Crippen molar-refractivity contribution >= 4 is 28.8 Å². The van der Waals surface area contributed by atoms with Gasteiger partial charge >= 0.3 is 5.97 Å². The Morgan fingerprint density at radius 2 is 2.37 bits per heavy atom. The van der Waals surface area contributed by atoms with Crippen molar-refractivity contribution in [3.05, 3.63) is 34.4 Å². The third-order valence-corrected chi connectivity index (χ3v) is 3.60. The van der Waals surface area contributed by atoms with E-state index in [0.717, 1.165) is 5.01 Å². The van der Waals surface area contributed by atoms with E-state index >= 15 is 0 Å². The molecule has 0 bridgehead atoms. The molecule has 100 valence electrons. The van der Waals surface area contributed by atoms with E-state index in [1.54, 1.807) is 17.5 Å². The third kappa shape index (κ3) is 3.19. The second-order valence-corrected chi connectivity index (χ2v) is 5.02. The van der Waals surface area contributed by atoms with Crippen LogP contribution in [0.15, 0.2) is 23.7 Å². The first-order valence-electron chi connectivity index (χ1n) is 5.71. The highest BCUT2D eigenvalue weighted by Crippen LogP contribution is 2.20. The Labute approximate surface area is 114 Å². The van der Waals surface area contributed by atoms with E-state index in [2.05, 4.69) is 15.3 Å². The first kappa shape index (κ1) is 13.3. The molecule has 0 saturated carbocycles. The van der Waals surface area contributed by atoms with Crippen molar-refractivity contribution in [3.8, 4) is 0 Å². The van der Waals surface area contributed by atoms with E-state index in [1.807, 2.05) is 12.3 Å². The molecule has 6 nitrogen and oxygen atoms in total. The molecule has 7 heteroatoms. The SMILES string of the molecule is CC(CNc1nc(C(=O)O)ccc1N)c1nccs1. The summed E-state index contributed by atoms with van der Waals surface area (Å²) in [7, 11) is 0. The van der Waals surface area contributed by atoms with E-state index in [9.17, 15) is 4.79 Å². The fourth-order valence-electron chi connectivity index (χ4n) is 1.55. The van der Waals surface area contributed by atoms with Crippen LogP contribution in [0, 0.1) is 0 Å². The van der Waals surface area contributed by atoms with Crippen LogP contribution in [0.2, 0.25) is 0 Å². The molecule has 0 spiro atoms. The van der Waals surface area contributed by atoms with E-state index in [4.69, 9.17) is 10.8 Å². The monoisotopic (exact) mass is 278 g/mol. The number of hydrogen-bond donors (Lipinski definition) is 3. The van der Waals surface area contributed by atoms with Gasteiger partial charge in [-0.3, -0.25) is 0 Å². The van der Waals surface area contributed by atoms with Gasteiger partial charge in [-0.15, -0.1) is 11.3 Å². The largest absolute Gasteiger partial charge is 0.477 e. The zero-order chi connectivity index (χ0) is 13.8. The van der Waals surface area contributed by atoms with Gasteiger partial charge in [-0.25, -0.2) is 14.8 Å². The van der Waals surface area contributed by atoms with Crippen molar-refractivity contribution < 1.29 is 9.90 Å². The number of pyridine rings is 1. The van der Waals surface area contributed by atoms with Gasteiger partial charge < -0.3 is 16.2 Å². The van der Waals surface area contributed by atoms with Crippen molar-refractivity contribution in [1.29, 1.82) is 0 Å². The number of anilines is 2. The van der Waals surface area contributed by atoms with Crippen molar-refractivity contribution in [3.63, 3.8) is 0 Å². The van der Waals surface area contributed by atoms with Gasteiger partial charge in [0.15, 0.2) is 5.69 Å². The smallest absolute Gasteiger partial charge is 0.354 e. The molecule has 19 heavy (non-hydrogen) atoms. The number of carboxylic acids is 1. The zero-order valence-corrected chi connectivity index (χ0v) is 11.1. The standard InChI is InChI=1S/C12H14N4O2S/c1-7(11-14-4-5-19-11)6-15-10-8(13)2-3-9(16-10)12(17)18/h2-5,7H,6,13H2,1H3,(H,15,16)(H,17,18). The maximum Gasteiger partial charge on any atom is 0.354 e. The summed E-state index contributed by atoms with van der Waals surface area (Å²) in [5.41, 5.74) is 6.16. The van der Waals surface area contributed by atoms with Crippen LogP contribution < -0.4 is 11.1 Å². The van der Waals surface area contributed by atoms with E-state index in [1.165, 1.54) is 12.1 Å². The minimum absolute atomic E-state index is 0.0291. The second-order valence-electron chi connectivity index (χ2n) is 4.09. The van der Waals surface area contributed by atoms with Crippen LogP contribution in [0.25, 0.3) is 0 Å². The Kier molecular flexibility index (Phi) is 3.96. The van der Waals surface area contributed by atoms with E-state index in [0.29, 0.717) is 18.1 Å². The molecule has 0 aliphatic heterocycles. The Morgan fingerprint density at radius 1 is 1.58 bits per heavy atom. The Morgan fingerprint density at radius 3 is 3.00 bits per heavy atom. The van der Waals surface area contributed by atoms with Crippen LogP contribution in [-0.2, 0) is 0 Å². The molecule has 2 rings (SSSR count). The van der Waals surface area contributed by atoms with Gasteiger partial charge in [-0.1, -0.05) is 6.92 Å². The molecule has 2 heterocycles. The minimum atomic E-state index is -1.07. The lowest BCUT2D eigenvalue weighted by molar-refractivity contribution is 0.0690. The summed E-state index contributed by atoms with van der Waals surface area (Å²) in [4.78, 5) is 19.1. The molecule has 0 aliphatic carbocycles. The number of carboxylic acid groups (broad SMARTS) is 1. The molecule has 0 aliphatic rings. The average Bonchev–Trinajstić information content (AvgIpc) is 2.91. The highest BCUT2D eigenvalue weighted by Gasteiger charge is 2.11. The molecule has 0 amide bonds. The topological polar surface area (TPSA) is 101 Å². The third-order valence-electron chi connectivity index (χ3n) is 2.59. The predicted octanol–water partition coefficient (Wildman–Crippen LogP) is 2.03. The van der Waals surface area contributed by atoms with Crippen LogP contribution in [0.5, 0.6) is 0 Å². The summed E-state index contributed by atoms with van der Waals surface area (Å²) in [5.74, 6) is -0.478. The van der Waals surface area contributed by atoms with Gasteiger partial charge in [-0.05, 0) is 12.1 Å². The molecule has 0 aromatic carbocycles. The molecule has 1 atom stereocenters. The second kappa shape index (κ2) is 5.66. The molecule has 0 radical (unpaired) electrons. The number of carbonyl (C=O) groups is 1.